The summed E-state index contributed by atoms with van der Waals surface area (Å²) in [5.41, 5.74) is -0.607. The van der Waals surface area contributed by atoms with Crippen molar-refractivity contribution in [2.45, 2.75) is 31.7 Å². The van der Waals surface area contributed by atoms with Crippen LogP contribution in [0, 0.1) is 10.1 Å². The first kappa shape index (κ1) is 19.3. The summed E-state index contributed by atoms with van der Waals surface area (Å²) in [5.74, 6) is -0.734. The highest BCUT2D eigenvalue weighted by Crippen LogP contribution is 2.30. The van der Waals surface area contributed by atoms with Crippen LogP contribution in [0.15, 0.2) is 23.1 Å². The van der Waals surface area contributed by atoms with Gasteiger partial charge in [-0.3, -0.25) is 14.9 Å². The Hall–Kier alpha value is -1.71. The Bertz CT molecular complexity index is 706. The van der Waals surface area contributed by atoms with Crippen LogP contribution in [0.25, 0.3) is 0 Å². The number of ether oxygens (including phenoxy) is 1. The highest BCUT2D eigenvalue weighted by atomic mass is 35.5. The molecule has 0 aliphatic rings. The van der Waals surface area contributed by atoms with Crippen molar-refractivity contribution in [3.8, 4) is 0 Å². The molecule has 10 heteroatoms. The molecule has 0 heterocycles. The normalized spacial score (nSPS) is 12.9. The van der Waals surface area contributed by atoms with E-state index in [0.29, 0.717) is 0 Å². The van der Waals surface area contributed by atoms with Crippen molar-refractivity contribution in [1.82, 2.24) is 4.31 Å². The van der Waals surface area contributed by atoms with E-state index in [0.717, 1.165) is 16.4 Å². The van der Waals surface area contributed by atoms with Crippen LogP contribution in [0.4, 0.5) is 5.69 Å². The predicted octanol–water partition coefficient (Wildman–Crippen LogP) is 2.21. The SMILES string of the molecule is CCOC(=O)C(C)N(CC)S(=O)(=O)c1cc(Cl)ccc1[N+](=O)[O-]. The quantitative estimate of drug-likeness (QED) is 0.417. The molecule has 0 N–H and O–H groups in total. The second-order valence-electron chi connectivity index (χ2n) is 4.51. The van der Waals surface area contributed by atoms with Gasteiger partial charge >= 0.3 is 5.97 Å². The minimum absolute atomic E-state index is 0.0361. The Kier molecular flexibility index (Phi) is 6.48. The lowest BCUT2D eigenvalue weighted by molar-refractivity contribution is -0.387. The summed E-state index contributed by atoms with van der Waals surface area (Å²) >= 11 is 5.77. The van der Waals surface area contributed by atoms with Crippen molar-refractivity contribution in [2.24, 2.45) is 0 Å². The van der Waals surface area contributed by atoms with E-state index in [1.165, 1.54) is 19.9 Å². The van der Waals surface area contributed by atoms with Gasteiger partial charge in [0.1, 0.15) is 6.04 Å². The van der Waals surface area contributed by atoms with E-state index >= 15 is 0 Å². The van der Waals surface area contributed by atoms with Crippen molar-refractivity contribution < 1.29 is 22.9 Å². The van der Waals surface area contributed by atoms with Crippen molar-refractivity contribution >= 4 is 33.3 Å². The lowest BCUT2D eigenvalue weighted by Gasteiger charge is -2.25. The van der Waals surface area contributed by atoms with Gasteiger partial charge in [-0.25, -0.2) is 8.42 Å². The summed E-state index contributed by atoms with van der Waals surface area (Å²) in [7, 11) is -4.31. The molecule has 1 unspecified atom stereocenters. The molecule has 0 aliphatic heterocycles. The van der Waals surface area contributed by atoms with Gasteiger partial charge in [0, 0.05) is 17.6 Å². The molecular formula is C13H17ClN2O6S. The number of carbonyl (C=O) groups excluding carboxylic acids is 1. The summed E-state index contributed by atoms with van der Waals surface area (Å²) in [6.07, 6.45) is 0. The van der Waals surface area contributed by atoms with E-state index in [4.69, 9.17) is 16.3 Å². The standard InChI is InChI=1S/C13H17ClN2O6S/c1-4-15(9(3)13(17)22-5-2)23(20,21)12-8-10(14)6-7-11(12)16(18)19/h6-9H,4-5H2,1-3H3. The van der Waals surface area contributed by atoms with Crippen LogP contribution >= 0.6 is 11.6 Å². The van der Waals surface area contributed by atoms with Gasteiger partial charge in [0.05, 0.1) is 11.5 Å². The first-order valence-corrected chi connectivity index (χ1v) is 8.61. The smallest absolute Gasteiger partial charge is 0.324 e. The van der Waals surface area contributed by atoms with Crippen LogP contribution in [0.5, 0.6) is 0 Å². The Balaban J connectivity index is 3.41. The number of sulfonamides is 1. The highest BCUT2D eigenvalue weighted by Gasteiger charge is 2.36. The second-order valence-corrected chi connectivity index (χ2v) is 6.80. The number of nitro groups is 1. The van der Waals surface area contributed by atoms with Gasteiger partial charge in [-0.2, -0.15) is 4.31 Å². The zero-order valence-electron chi connectivity index (χ0n) is 12.9. The monoisotopic (exact) mass is 364 g/mol. The molecule has 128 valence electrons. The predicted molar refractivity (Wildman–Crippen MR) is 83.8 cm³/mol. The minimum Gasteiger partial charge on any atom is -0.465 e. The maximum absolute atomic E-state index is 12.7. The van der Waals surface area contributed by atoms with E-state index in [-0.39, 0.29) is 18.2 Å². The van der Waals surface area contributed by atoms with E-state index in [2.05, 4.69) is 0 Å². The fraction of sp³-hybridized carbons (Fsp3) is 0.462. The number of halogens is 1. The molecular weight excluding hydrogens is 348 g/mol. The molecule has 0 aromatic heterocycles. The van der Waals surface area contributed by atoms with Gasteiger partial charge in [0.2, 0.25) is 0 Å². The van der Waals surface area contributed by atoms with Crippen molar-refractivity contribution in [3.63, 3.8) is 0 Å². The summed E-state index contributed by atoms with van der Waals surface area (Å²) in [5, 5.41) is 11.1. The van der Waals surface area contributed by atoms with Crippen molar-refractivity contribution in [3.05, 3.63) is 33.3 Å². The fourth-order valence-corrected chi connectivity index (χ4v) is 4.02. The maximum atomic E-state index is 12.7. The number of carbonyl (C=O) groups is 1. The molecule has 1 aromatic carbocycles. The average Bonchev–Trinajstić information content (AvgIpc) is 2.47. The van der Waals surface area contributed by atoms with E-state index in [9.17, 15) is 23.3 Å². The highest BCUT2D eigenvalue weighted by molar-refractivity contribution is 7.89. The van der Waals surface area contributed by atoms with Gasteiger partial charge < -0.3 is 4.74 Å². The van der Waals surface area contributed by atoms with Crippen LogP contribution in [0.2, 0.25) is 5.02 Å². The molecule has 0 saturated carbocycles. The first-order chi connectivity index (χ1) is 10.7. The number of rotatable bonds is 7. The number of nitro benzene ring substituents is 1. The summed E-state index contributed by atoms with van der Waals surface area (Å²) < 4.78 is 31.1. The third kappa shape index (κ3) is 4.18. The molecule has 1 rings (SSSR count). The molecule has 0 saturated heterocycles. The van der Waals surface area contributed by atoms with Gasteiger partial charge in [-0.05, 0) is 26.0 Å². The third-order valence-electron chi connectivity index (χ3n) is 3.08. The van der Waals surface area contributed by atoms with Crippen LogP contribution < -0.4 is 0 Å². The number of likely N-dealkylation sites (N-methyl/N-ethyl adjacent to an activating group) is 1. The van der Waals surface area contributed by atoms with Crippen LogP contribution in [0.1, 0.15) is 20.8 Å². The van der Waals surface area contributed by atoms with E-state index in [1.54, 1.807) is 6.92 Å². The minimum atomic E-state index is -4.31. The summed E-state index contributed by atoms with van der Waals surface area (Å²) in [4.78, 5) is 21.5. The average molecular weight is 365 g/mol. The fourth-order valence-electron chi connectivity index (χ4n) is 2.00. The number of hydrogen-bond acceptors (Lipinski definition) is 6. The lowest BCUT2D eigenvalue weighted by Crippen LogP contribution is -2.44. The number of benzene rings is 1. The Morgan fingerprint density at radius 2 is 2.04 bits per heavy atom. The van der Waals surface area contributed by atoms with Gasteiger partial charge in [0.25, 0.3) is 15.7 Å². The molecule has 1 atom stereocenters. The Morgan fingerprint density at radius 1 is 1.43 bits per heavy atom. The maximum Gasteiger partial charge on any atom is 0.324 e. The molecule has 0 radical (unpaired) electrons. The van der Waals surface area contributed by atoms with Crippen LogP contribution in [-0.2, 0) is 19.6 Å². The molecule has 0 fully saturated rings. The zero-order chi connectivity index (χ0) is 17.8. The van der Waals surface area contributed by atoms with Gasteiger partial charge in [0.15, 0.2) is 4.90 Å². The molecule has 23 heavy (non-hydrogen) atoms. The van der Waals surface area contributed by atoms with E-state index in [1.807, 2.05) is 0 Å². The molecule has 0 bridgehead atoms. The molecule has 0 spiro atoms. The number of nitrogens with zero attached hydrogens (tertiary/aromatic N) is 2. The van der Waals surface area contributed by atoms with Crippen molar-refractivity contribution in [2.75, 3.05) is 13.2 Å². The molecule has 8 nitrogen and oxygen atoms in total. The molecule has 0 aliphatic carbocycles. The topological polar surface area (TPSA) is 107 Å². The zero-order valence-corrected chi connectivity index (χ0v) is 14.4. The van der Waals surface area contributed by atoms with Crippen molar-refractivity contribution in [1.29, 1.82) is 0 Å². The van der Waals surface area contributed by atoms with Gasteiger partial charge in [-0.1, -0.05) is 18.5 Å². The van der Waals surface area contributed by atoms with Crippen LogP contribution in [-0.4, -0.2) is 42.8 Å². The Morgan fingerprint density at radius 3 is 2.52 bits per heavy atom. The second kappa shape index (κ2) is 7.71. The van der Waals surface area contributed by atoms with E-state index < -0.39 is 37.5 Å². The van der Waals surface area contributed by atoms with Gasteiger partial charge in [-0.15, -0.1) is 0 Å². The first-order valence-electron chi connectivity index (χ1n) is 6.79. The number of hydrogen-bond donors (Lipinski definition) is 0. The number of esters is 1. The molecule has 1 aromatic rings. The Labute approximate surface area is 139 Å². The van der Waals surface area contributed by atoms with Crippen LogP contribution in [0.3, 0.4) is 0 Å². The summed E-state index contributed by atoms with van der Waals surface area (Å²) in [6.45, 7) is 4.50. The lowest BCUT2D eigenvalue weighted by atomic mass is 10.3. The largest absolute Gasteiger partial charge is 0.465 e. The third-order valence-corrected chi connectivity index (χ3v) is 5.39. The summed E-state index contributed by atoms with van der Waals surface area (Å²) in [6, 6.07) is 2.11. The molecule has 0 amide bonds.